The quantitative estimate of drug-likeness (QED) is 0.236. The van der Waals surface area contributed by atoms with E-state index in [1.807, 2.05) is 12.1 Å². The molecule has 0 aliphatic rings. The Morgan fingerprint density at radius 2 is 1.94 bits per heavy atom. The third-order valence-electron chi connectivity index (χ3n) is 4.54. The Kier molecular flexibility index (Phi) is 7.09. The number of hydrogen-bond acceptors (Lipinski definition) is 6. The molecule has 8 nitrogen and oxygen atoms in total. The van der Waals surface area contributed by atoms with Crippen LogP contribution in [0.25, 0.3) is 0 Å². The van der Waals surface area contributed by atoms with Gasteiger partial charge in [0.05, 0.1) is 16.4 Å². The number of nitro groups is 1. The van der Waals surface area contributed by atoms with Gasteiger partial charge < -0.3 is 10.3 Å². The zero-order valence-electron chi connectivity index (χ0n) is 16.8. The number of nitro benzene ring substituents is 1. The monoisotopic (exact) mass is 458 g/mol. The number of aryl methyl sites for hydroxylation is 2. The van der Waals surface area contributed by atoms with Crippen molar-refractivity contribution in [2.24, 2.45) is 0 Å². The van der Waals surface area contributed by atoms with Gasteiger partial charge in [-0.05, 0) is 37.1 Å². The van der Waals surface area contributed by atoms with Crippen LogP contribution in [0.5, 0.6) is 0 Å². The van der Waals surface area contributed by atoms with E-state index < -0.39 is 4.92 Å². The van der Waals surface area contributed by atoms with Crippen molar-refractivity contribution in [3.63, 3.8) is 0 Å². The van der Waals surface area contributed by atoms with Crippen LogP contribution in [0.1, 0.15) is 22.4 Å². The van der Waals surface area contributed by atoms with Crippen LogP contribution in [0.15, 0.2) is 52.4 Å². The summed E-state index contributed by atoms with van der Waals surface area (Å²) in [6.07, 6.45) is 0.419. The molecule has 3 aromatic rings. The average molecular weight is 459 g/mol. The van der Waals surface area contributed by atoms with E-state index in [0.29, 0.717) is 39.1 Å². The molecule has 0 atom stereocenters. The van der Waals surface area contributed by atoms with Gasteiger partial charge in [0.2, 0.25) is 5.91 Å². The number of aromatic nitrogens is 2. The SMILES string of the molecule is Cc1ccc([N+](=O)[O-])cc1NC(=O)CSc1nc(C)c(Cc2ccc(Cl)cc2)c(=O)[nH]1. The molecule has 1 aromatic heterocycles. The first-order valence-corrected chi connectivity index (χ1v) is 10.6. The molecule has 31 heavy (non-hydrogen) atoms. The lowest BCUT2D eigenvalue weighted by molar-refractivity contribution is -0.384. The number of nitrogens with one attached hydrogen (secondary N) is 2. The minimum absolute atomic E-state index is 0.0129. The lowest BCUT2D eigenvalue weighted by atomic mass is 10.1. The lowest BCUT2D eigenvalue weighted by Gasteiger charge is -2.09. The summed E-state index contributed by atoms with van der Waals surface area (Å²) in [5, 5.41) is 14.5. The summed E-state index contributed by atoms with van der Waals surface area (Å²) < 4.78 is 0. The Hall–Kier alpha value is -3.17. The molecule has 0 fully saturated rings. The Morgan fingerprint density at radius 1 is 1.23 bits per heavy atom. The number of hydrogen-bond donors (Lipinski definition) is 2. The van der Waals surface area contributed by atoms with E-state index in [4.69, 9.17) is 11.6 Å². The first-order chi connectivity index (χ1) is 14.7. The molecule has 0 unspecified atom stereocenters. The van der Waals surface area contributed by atoms with Crippen molar-refractivity contribution >= 4 is 40.6 Å². The maximum absolute atomic E-state index is 12.5. The van der Waals surface area contributed by atoms with Crippen LogP contribution >= 0.6 is 23.4 Å². The van der Waals surface area contributed by atoms with Crippen LogP contribution in [0.2, 0.25) is 5.02 Å². The summed E-state index contributed by atoms with van der Waals surface area (Å²) in [6, 6.07) is 11.5. The van der Waals surface area contributed by atoms with E-state index >= 15 is 0 Å². The largest absolute Gasteiger partial charge is 0.325 e. The first kappa shape index (κ1) is 22.5. The second kappa shape index (κ2) is 9.76. The minimum atomic E-state index is -0.521. The fourth-order valence-electron chi connectivity index (χ4n) is 2.85. The van der Waals surface area contributed by atoms with Gasteiger partial charge in [0.15, 0.2) is 5.16 Å². The zero-order chi connectivity index (χ0) is 22.5. The summed E-state index contributed by atoms with van der Waals surface area (Å²) in [5.41, 5.74) is 2.77. The van der Waals surface area contributed by atoms with Gasteiger partial charge in [0.1, 0.15) is 0 Å². The maximum atomic E-state index is 12.5. The number of carbonyl (C=O) groups is 1. The molecule has 0 aliphatic carbocycles. The van der Waals surface area contributed by atoms with Crippen molar-refractivity contribution in [3.05, 3.63) is 90.3 Å². The van der Waals surface area contributed by atoms with Crippen LogP contribution in [0, 0.1) is 24.0 Å². The lowest BCUT2D eigenvalue weighted by Crippen LogP contribution is -2.19. The van der Waals surface area contributed by atoms with Crippen molar-refractivity contribution in [2.75, 3.05) is 11.1 Å². The number of amides is 1. The molecular weight excluding hydrogens is 440 g/mol. The summed E-state index contributed by atoms with van der Waals surface area (Å²) >= 11 is 6.97. The second-order valence-electron chi connectivity index (χ2n) is 6.83. The molecule has 1 heterocycles. The number of benzene rings is 2. The molecule has 10 heteroatoms. The number of aromatic amines is 1. The molecule has 3 rings (SSSR count). The fourth-order valence-corrected chi connectivity index (χ4v) is 3.68. The average Bonchev–Trinajstić information content (AvgIpc) is 2.72. The van der Waals surface area contributed by atoms with Crippen LogP contribution < -0.4 is 10.9 Å². The molecule has 0 bridgehead atoms. The van der Waals surface area contributed by atoms with Gasteiger partial charge in [-0.15, -0.1) is 0 Å². The smallest absolute Gasteiger partial charge is 0.271 e. The van der Waals surface area contributed by atoms with Gasteiger partial charge in [-0.25, -0.2) is 4.98 Å². The third kappa shape index (κ3) is 5.93. The molecule has 1 amide bonds. The van der Waals surface area contributed by atoms with Gasteiger partial charge in [-0.3, -0.25) is 19.7 Å². The van der Waals surface area contributed by atoms with Gasteiger partial charge in [0, 0.05) is 34.8 Å². The number of carbonyl (C=O) groups excluding carboxylic acids is 1. The first-order valence-electron chi connectivity index (χ1n) is 9.25. The molecule has 0 radical (unpaired) electrons. The fraction of sp³-hybridized carbons (Fsp3) is 0.190. The zero-order valence-corrected chi connectivity index (χ0v) is 18.3. The summed E-state index contributed by atoms with van der Waals surface area (Å²) in [6.45, 7) is 3.49. The van der Waals surface area contributed by atoms with Gasteiger partial charge in [-0.2, -0.15) is 0 Å². The summed E-state index contributed by atoms with van der Waals surface area (Å²) in [4.78, 5) is 42.3. The maximum Gasteiger partial charge on any atom is 0.271 e. The Bertz CT molecular complexity index is 1190. The molecule has 160 valence electrons. The van der Waals surface area contributed by atoms with Crippen molar-refractivity contribution in [2.45, 2.75) is 25.4 Å². The van der Waals surface area contributed by atoms with E-state index in [9.17, 15) is 19.7 Å². The van der Waals surface area contributed by atoms with Crippen LogP contribution in [-0.2, 0) is 11.2 Å². The predicted molar refractivity (Wildman–Crippen MR) is 121 cm³/mol. The minimum Gasteiger partial charge on any atom is -0.325 e. The van der Waals surface area contributed by atoms with Gasteiger partial charge in [0.25, 0.3) is 11.2 Å². The molecule has 2 aromatic carbocycles. The van der Waals surface area contributed by atoms with Crippen LogP contribution in [-0.4, -0.2) is 26.6 Å². The predicted octanol–water partition coefficient (Wildman–Crippen LogP) is 4.27. The molecule has 0 aliphatic heterocycles. The van der Waals surface area contributed by atoms with Crippen molar-refractivity contribution in [3.8, 4) is 0 Å². The molecule has 2 N–H and O–H groups in total. The highest BCUT2D eigenvalue weighted by atomic mass is 35.5. The number of halogens is 1. The summed E-state index contributed by atoms with van der Waals surface area (Å²) in [5.74, 6) is -0.375. The van der Waals surface area contributed by atoms with E-state index in [2.05, 4.69) is 15.3 Å². The van der Waals surface area contributed by atoms with Crippen molar-refractivity contribution < 1.29 is 9.72 Å². The number of nitrogens with zero attached hydrogens (tertiary/aromatic N) is 2. The molecule has 0 saturated carbocycles. The second-order valence-corrected chi connectivity index (χ2v) is 8.23. The van der Waals surface area contributed by atoms with E-state index in [1.54, 1.807) is 32.0 Å². The van der Waals surface area contributed by atoms with Gasteiger partial charge >= 0.3 is 0 Å². The third-order valence-corrected chi connectivity index (χ3v) is 5.67. The highest BCUT2D eigenvalue weighted by Gasteiger charge is 2.13. The van der Waals surface area contributed by atoms with Crippen LogP contribution in [0.4, 0.5) is 11.4 Å². The molecular formula is C21H19ClN4O4S. The van der Waals surface area contributed by atoms with Gasteiger partial charge in [-0.1, -0.05) is 41.6 Å². The number of thioether (sulfide) groups is 1. The molecule has 0 saturated heterocycles. The Labute approximate surface area is 187 Å². The summed E-state index contributed by atoms with van der Waals surface area (Å²) in [7, 11) is 0. The highest BCUT2D eigenvalue weighted by molar-refractivity contribution is 7.99. The van der Waals surface area contributed by atoms with Crippen molar-refractivity contribution in [1.82, 2.24) is 9.97 Å². The number of anilines is 1. The van der Waals surface area contributed by atoms with Crippen molar-refractivity contribution in [1.29, 1.82) is 0 Å². The Morgan fingerprint density at radius 3 is 2.58 bits per heavy atom. The highest BCUT2D eigenvalue weighted by Crippen LogP contribution is 2.22. The Balaban J connectivity index is 1.66. The molecule has 0 spiro atoms. The van der Waals surface area contributed by atoms with E-state index in [1.165, 1.54) is 12.1 Å². The van der Waals surface area contributed by atoms with E-state index in [0.717, 1.165) is 17.3 Å². The topological polar surface area (TPSA) is 118 Å². The number of H-pyrrole nitrogens is 1. The normalized spacial score (nSPS) is 10.7. The number of rotatable bonds is 7. The standard InChI is InChI=1S/C21H19ClN4O4S/c1-12-3-8-16(26(29)30)10-18(12)24-19(27)11-31-21-23-13(2)17(20(28)25-21)9-14-4-6-15(22)7-5-14/h3-8,10H,9,11H2,1-2H3,(H,24,27)(H,23,25,28). The van der Waals surface area contributed by atoms with E-state index in [-0.39, 0.29) is 22.9 Å². The number of non-ortho nitro benzene ring substituents is 1. The van der Waals surface area contributed by atoms with Crippen LogP contribution in [0.3, 0.4) is 0 Å².